The first kappa shape index (κ1) is 24.0. The number of esters is 1. The number of amides is 2. The molecule has 2 amide bonds. The zero-order valence-corrected chi connectivity index (χ0v) is 20.2. The van der Waals surface area contributed by atoms with Crippen LogP contribution in [0.3, 0.4) is 0 Å². The molecule has 180 valence electrons. The number of nitrogens with zero attached hydrogens (tertiary/aromatic N) is 2. The first-order chi connectivity index (χ1) is 16.6. The lowest BCUT2D eigenvalue weighted by molar-refractivity contribution is -0.139. The minimum absolute atomic E-state index is 0.168. The topological polar surface area (TPSA) is 61.9 Å². The molecule has 0 aromatic heterocycles. The molecule has 1 fully saturated rings. The standard InChI is InChI=1S/C28H35N3O3/c1-3-31-24(20-30-17-15-22(16-18-30)19-21-11-7-5-8-12-21)25(27(32)34-4-2)26(29-28(31)33)23-13-9-6-10-14-23/h5-14,22,26H,3-4,15-20H2,1-2H3,(H,29,33)/t26-/m1/s1. The van der Waals surface area contributed by atoms with Crippen molar-refractivity contribution in [1.82, 2.24) is 15.1 Å². The minimum atomic E-state index is -0.513. The number of carbonyl (C=O) groups is 2. The van der Waals surface area contributed by atoms with Crippen molar-refractivity contribution >= 4 is 12.0 Å². The molecule has 0 saturated carbocycles. The number of ether oxygens (including phenoxy) is 1. The summed E-state index contributed by atoms with van der Waals surface area (Å²) in [5.41, 5.74) is 3.58. The van der Waals surface area contributed by atoms with Gasteiger partial charge in [-0.15, -0.1) is 0 Å². The Hall–Kier alpha value is -3.12. The van der Waals surface area contributed by atoms with E-state index in [9.17, 15) is 9.59 Å². The maximum Gasteiger partial charge on any atom is 0.338 e. The van der Waals surface area contributed by atoms with Crippen molar-refractivity contribution < 1.29 is 14.3 Å². The number of benzene rings is 2. The van der Waals surface area contributed by atoms with E-state index in [1.54, 1.807) is 4.90 Å². The summed E-state index contributed by atoms with van der Waals surface area (Å²) >= 11 is 0. The Morgan fingerprint density at radius 3 is 2.26 bits per heavy atom. The molecule has 6 heteroatoms. The molecule has 34 heavy (non-hydrogen) atoms. The van der Waals surface area contributed by atoms with Crippen LogP contribution in [0.2, 0.25) is 0 Å². The van der Waals surface area contributed by atoms with Gasteiger partial charge in [0.15, 0.2) is 0 Å². The van der Waals surface area contributed by atoms with Gasteiger partial charge >= 0.3 is 12.0 Å². The maximum absolute atomic E-state index is 13.2. The summed E-state index contributed by atoms with van der Waals surface area (Å²) < 4.78 is 5.47. The summed E-state index contributed by atoms with van der Waals surface area (Å²) in [7, 11) is 0. The molecule has 2 aliphatic heterocycles. The van der Waals surface area contributed by atoms with E-state index in [1.165, 1.54) is 5.56 Å². The first-order valence-corrected chi connectivity index (χ1v) is 12.4. The predicted octanol–water partition coefficient (Wildman–Crippen LogP) is 4.54. The molecule has 4 rings (SSSR count). The fourth-order valence-corrected chi connectivity index (χ4v) is 5.06. The van der Waals surface area contributed by atoms with E-state index >= 15 is 0 Å². The number of urea groups is 1. The Bertz CT molecular complexity index is 998. The average molecular weight is 462 g/mol. The number of carbonyl (C=O) groups excluding carboxylic acids is 2. The van der Waals surface area contributed by atoms with E-state index in [2.05, 4.69) is 40.5 Å². The van der Waals surface area contributed by atoms with E-state index in [0.717, 1.165) is 43.6 Å². The third-order valence-corrected chi connectivity index (χ3v) is 6.83. The van der Waals surface area contributed by atoms with Gasteiger partial charge in [0.1, 0.15) is 0 Å². The molecule has 0 aliphatic carbocycles. The second-order valence-corrected chi connectivity index (χ2v) is 9.03. The summed E-state index contributed by atoms with van der Waals surface area (Å²) in [5, 5.41) is 3.03. The lowest BCUT2D eigenvalue weighted by Gasteiger charge is -2.39. The summed E-state index contributed by atoms with van der Waals surface area (Å²) in [6.45, 7) is 7.01. The molecule has 2 aliphatic rings. The van der Waals surface area contributed by atoms with E-state index in [-0.39, 0.29) is 12.0 Å². The van der Waals surface area contributed by atoms with Gasteiger partial charge in [0.05, 0.1) is 18.2 Å². The number of likely N-dealkylation sites (N-methyl/N-ethyl adjacent to an activating group) is 1. The smallest absolute Gasteiger partial charge is 0.338 e. The summed E-state index contributed by atoms with van der Waals surface area (Å²) in [6, 6.07) is 19.6. The van der Waals surface area contributed by atoms with Crippen molar-refractivity contribution in [3.8, 4) is 0 Å². The fourth-order valence-electron chi connectivity index (χ4n) is 5.06. The summed E-state index contributed by atoms with van der Waals surface area (Å²) in [4.78, 5) is 30.3. The SMILES string of the molecule is CCOC(=O)C1=C(CN2CCC(Cc3ccccc3)CC2)N(CC)C(=O)N[C@@H]1c1ccccc1. The molecule has 0 radical (unpaired) electrons. The molecule has 1 atom stereocenters. The van der Waals surface area contributed by atoms with Crippen LogP contribution >= 0.6 is 0 Å². The van der Waals surface area contributed by atoms with Gasteiger partial charge in [-0.25, -0.2) is 9.59 Å². The highest BCUT2D eigenvalue weighted by atomic mass is 16.5. The Balaban J connectivity index is 1.56. The summed E-state index contributed by atoms with van der Waals surface area (Å²) in [6.07, 6.45) is 3.32. The Labute approximate surface area is 202 Å². The van der Waals surface area contributed by atoms with Gasteiger partial charge in [0, 0.05) is 18.8 Å². The van der Waals surface area contributed by atoms with Crippen molar-refractivity contribution in [1.29, 1.82) is 0 Å². The van der Waals surface area contributed by atoms with Crippen molar-refractivity contribution in [3.05, 3.63) is 83.1 Å². The second kappa shape index (κ2) is 11.3. The van der Waals surface area contributed by atoms with Crippen LogP contribution in [0.5, 0.6) is 0 Å². The van der Waals surface area contributed by atoms with Gasteiger partial charge in [-0.3, -0.25) is 9.80 Å². The minimum Gasteiger partial charge on any atom is -0.463 e. The second-order valence-electron chi connectivity index (χ2n) is 9.03. The maximum atomic E-state index is 13.2. The largest absolute Gasteiger partial charge is 0.463 e. The fraction of sp³-hybridized carbons (Fsp3) is 0.429. The summed E-state index contributed by atoms with van der Waals surface area (Å²) in [5.74, 6) is 0.301. The Kier molecular flexibility index (Phi) is 8.01. The molecule has 2 heterocycles. The number of rotatable bonds is 8. The van der Waals surface area contributed by atoms with Crippen molar-refractivity contribution in [2.75, 3.05) is 32.8 Å². The Morgan fingerprint density at radius 1 is 1.00 bits per heavy atom. The lowest BCUT2D eigenvalue weighted by atomic mass is 9.89. The highest BCUT2D eigenvalue weighted by Crippen LogP contribution is 2.33. The number of hydrogen-bond donors (Lipinski definition) is 1. The molecular weight excluding hydrogens is 426 g/mol. The van der Waals surface area contributed by atoms with Gasteiger partial charge in [0.25, 0.3) is 0 Å². The van der Waals surface area contributed by atoms with Crippen LogP contribution in [0, 0.1) is 5.92 Å². The van der Waals surface area contributed by atoms with E-state index in [1.807, 2.05) is 44.2 Å². The van der Waals surface area contributed by atoms with Crippen LogP contribution < -0.4 is 5.32 Å². The molecule has 6 nitrogen and oxygen atoms in total. The van der Waals surface area contributed by atoms with Crippen LogP contribution in [0.1, 0.15) is 43.9 Å². The predicted molar refractivity (Wildman–Crippen MR) is 133 cm³/mol. The van der Waals surface area contributed by atoms with E-state index in [0.29, 0.717) is 31.2 Å². The number of hydrogen-bond acceptors (Lipinski definition) is 4. The van der Waals surface area contributed by atoms with Crippen LogP contribution in [0.25, 0.3) is 0 Å². The third kappa shape index (κ3) is 5.50. The zero-order valence-electron chi connectivity index (χ0n) is 20.2. The monoisotopic (exact) mass is 461 g/mol. The van der Waals surface area contributed by atoms with Crippen LogP contribution in [0.15, 0.2) is 71.9 Å². The number of piperidine rings is 1. The van der Waals surface area contributed by atoms with Gasteiger partial charge in [-0.05, 0) is 63.2 Å². The van der Waals surface area contributed by atoms with Crippen LogP contribution in [-0.4, -0.2) is 54.6 Å². The third-order valence-electron chi connectivity index (χ3n) is 6.83. The molecule has 0 spiro atoms. The molecule has 0 bridgehead atoms. The molecule has 1 saturated heterocycles. The Morgan fingerprint density at radius 2 is 1.65 bits per heavy atom. The lowest BCUT2D eigenvalue weighted by Crippen LogP contribution is -2.51. The normalized spacial score (nSPS) is 19.8. The average Bonchev–Trinajstić information content (AvgIpc) is 2.86. The van der Waals surface area contributed by atoms with Crippen molar-refractivity contribution in [2.24, 2.45) is 5.92 Å². The zero-order chi connectivity index (χ0) is 23.9. The van der Waals surface area contributed by atoms with Crippen molar-refractivity contribution in [2.45, 2.75) is 39.2 Å². The van der Waals surface area contributed by atoms with Gasteiger partial charge in [-0.1, -0.05) is 60.7 Å². The van der Waals surface area contributed by atoms with E-state index in [4.69, 9.17) is 4.74 Å². The molecule has 1 N–H and O–H groups in total. The molecular formula is C28H35N3O3. The van der Waals surface area contributed by atoms with Gasteiger partial charge in [0.2, 0.25) is 0 Å². The van der Waals surface area contributed by atoms with Crippen molar-refractivity contribution in [3.63, 3.8) is 0 Å². The highest BCUT2D eigenvalue weighted by Gasteiger charge is 2.38. The van der Waals surface area contributed by atoms with Gasteiger partial charge < -0.3 is 10.1 Å². The molecule has 2 aromatic rings. The van der Waals surface area contributed by atoms with Gasteiger partial charge in [-0.2, -0.15) is 0 Å². The number of likely N-dealkylation sites (tertiary alicyclic amines) is 1. The number of nitrogens with one attached hydrogen (secondary N) is 1. The first-order valence-electron chi connectivity index (χ1n) is 12.4. The molecule has 0 unspecified atom stereocenters. The highest BCUT2D eigenvalue weighted by molar-refractivity contribution is 5.95. The van der Waals surface area contributed by atoms with E-state index < -0.39 is 6.04 Å². The molecule has 2 aromatic carbocycles. The van der Waals surface area contributed by atoms with Crippen LogP contribution in [0.4, 0.5) is 4.79 Å². The quantitative estimate of drug-likeness (QED) is 0.586. The van der Waals surface area contributed by atoms with Crippen LogP contribution in [-0.2, 0) is 16.0 Å².